The van der Waals surface area contributed by atoms with Crippen molar-refractivity contribution in [2.45, 2.75) is 52.6 Å². The number of amides is 1. The first kappa shape index (κ1) is 15.8. The number of fused-ring (bicyclic) bond motifs is 3. The summed E-state index contributed by atoms with van der Waals surface area (Å²) in [6, 6.07) is 2.09. The molecule has 6 heteroatoms. The summed E-state index contributed by atoms with van der Waals surface area (Å²) in [5.41, 5.74) is 0.367. The van der Waals surface area contributed by atoms with E-state index in [1.807, 2.05) is 10.3 Å². The van der Waals surface area contributed by atoms with Gasteiger partial charge in [0.1, 0.15) is 11.4 Å². The summed E-state index contributed by atoms with van der Waals surface area (Å²) in [7, 11) is 0. The van der Waals surface area contributed by atoms with Crippen molar-refractivity contribution in [2.24, 2.45) is 10.8 Å². The second kappa shape index (κ2) is 5.15. The van der Waals surface area contributed by atoms with Crippen LogP contribution in [0.2, 0.25) is 0 Å². The van der Waals surface area contributed by atoms with Crippen LogP contribution >= 0.6 is 11.3 Å². The predicted molar refractivity (Wildman–Crippen MR) is 95.1 cm³/mol. The van der Waals surface area contributed by atoms with E-state index in [4.69, 9.17) is 0 Å². The van der Waals surface area contributed by atoms with Crippen LogP contribution in [-0.2, 0) is 11.3 Å². The van der Waals surface area contributed by atoms with Gasteiger partial charge in [0.15, 0.2) is 0 Å². The first-order chi connectivity index (χ1) is 11.3. The fourth-order valence-electron chi connectivity index (χ4n) is 4.99. The zero-order chi connectivity index (χ0) is 17.1. The van der Waals surface area contributed by atoms with Crippen LogP contribution in [0.4, 0.5) is 0 Å². The van der Waals surface area contributed by atoms with Gasteiger partial charge in [0.05, 0.1) is 11.7 Å². The molecule has 0 unspecified atom stereocenters. The van der Waals surface area contributed by atoms with E-state index in [0.717, 1.165) is 30.6 Å². The minimum Gasteiger partial charge on any atom is -0.338 e. The van der Waals surface area contributed by atoms with Crippen molar-refractivity contribution in [3.63, 3.8) is 0 Å². The van der Waals surface area contributed by atoms with Crippen molar-refractivity contribution in [1.82, 2.24) is 14.5 Å². The first-order valence-corrected chi connectivity index (χ1v) is 9.37. The Labute approximate surface area is 145 Å². The molecule has 1 aliphatic carbocycles. The average Bonchev–Trinajstić information content (AvgIpc) is 3.03. The van der Waals surface area contributed by atoms with Gasteiger partial charge in [-0.25, -0.2) is 4.98 Å². The first-order valence-electron chi connectivity index (χ1n) is 8.49. The number of carbonyl (C=O) groups excluding carboxylic acids is 1. The van der Waals surface area contributed by atoms with Gasteiger partial charge < -0.3 is 4.90 Å². The molecule has 3 heterocycles. The topological polar surface area (TPSA) is 55.2 Å². The largest absolute Gasteiger partial charge is 0.338 e. The highest BCUT2D eigenvalue weighted by atomic mass is 32.1. The summed E-state index contributed by atoms with van der Waals surface area (Å²) in [5, 5.41) is 2.46. The van der Waals surface area contributed by atoms with Gasteiger partial charge in [0.2, 0.25) is 5.91 Å². The molecule has 2 aromatic rings. The third-order valence-electron chi connectivity index (χ3n) is 5.49. The van der Waals surface area contributed by atoms with Crippen molar-refractivity contribution in [2.75, 3.05) is 6.54 Å². The molecule has 1 aliphatic heterocycles. The van der Waals surface area contributed by atoms with Gasteiger partial charge in [-0.05, 0) is 41.5 Å². The molecule has 2 atom stereocenters. The molecule has 0 radical (unpaired) electrons. The van der Waals surface area contributed by atoms with E-state index < -0.39 is 0 Å². The standard InChI is InChI=1S/C18H23N3O2S/c1-17(2)6-12-7-18(3,9-17)10-21(12)14(22)8-20-11-19-15-13(16(20)23)4-5-24-15/h4-5,11-12H,6-10H2,1-3H3/t12-,18-/m0/s1. The van der Waals surface area contributed by atoms with Crippen molar-refractivity contribution in [3.05, 3.63) is 28.1 Å². The molecule has 0 N–H and O–H groups in total. The molecule has 1 saturated heterocycles. The summed E-state index contributed by atoms with van der Waals surface area (Å²) >= 11 is 1.45. The molecule has 2 fully saturated rings. The summed E-state index contributed by atoms with van der Waals surface area (Å²) in [6.07, 6.45) is 4.79. The zero-order valence-corrected chi connectivity index (χ0v) is 15.2. The Hall–Kier alpha value is -1.69. The summed E-state index contributed by atoms with van der Waals surface area (Å²) < 4.78 is 1.45. The third kappa shape index (κ3) is 2.57. The number of aromatic nitrogens is 2. The van der Waals surface area contributed by atoms with E-state index in [1.165, 1.54) is 22.2 Å². The minimum absolute atomic E-state index is 0.0416. The van der Waals surface area contributed by atoms with Crippen LogP contribution in [0.1, 0.15) is 40.0 Å². The Morgan fingerprint density at radius 2 is 2.17 bits per heavy atom. The van der Waals surface area contributed by atoms with E-state index in [9.17, 15) is 9.59 Å². The molecule has 2 aliphatic rings. The molecule has 2 aromatic heterocycles. The normalized spacial score (nSPS) is 28.5. The summed E-state index contributed by atoms with van der Waals surface area (Å²) in [6.45, 7) is 7.78. The van der Waals surface area contributed by atoms with Crippen LogP contribution in [0.15, 0.2) is 22.6 Å². The van der Waals surface area contributed by atoms with Crippen LogP contribution in [-0.4, -0.2) is 32.9 Å². The van der Waals surface area contributed by atoms with E-state index in [2.05, 4.69) is 25.8 Å². The lowest BCUT2D eigenvalue weighted by atomic mass is 9.65. The smallest absolute Gasteiger partial charge is 0.262 e. The van der Waals surface area contributed by atoms with Gasteiger partial charge in [-0.2, -0.15) is 0 Å². The lowest BCUT2D eigenvalue weighted by Gasteiger charge is -2.39. The minimum atomic E-state index is -0.122. The zero-order valence-electron chi connectivity index (χ0n) is 14.4. The summed E-state index contributed by atoms with van der Waals surface area (Å²) in [4.78, 5) is 32.4. The molecule has 2 bridgehead atoms. The van der Waals surface area contributed by atoms with Crippen molar-refractivity contribution in [1.29, 1.82) is 0 Å². The van der Waals surface area contributed by atoms with Crippen LogP contribution in [0.5, 0.6) is 0 Å². The maximum atomic E-state index is 12.9. The number of carbonyl (C=O) groups is 1. The molecule has 1 saturated carbocycles. The lowest BCUT2D eigenvalue weighted by Crippen LogP contribution is -2.40. The summed E-state index contributed by atoms with van der Waals surface area (Å²) in [5.74, 6) is 0.0416. The quantitative estimate of drug-likeness (QED) is 0.841. The fourth-order valence-corrected chi connectivity index (χ4v) is 5.72. The van der Waals surface area contributed by atoms with E-state index >= 15 is 0 Å². The number of rotatable bonds is 2. The molecular weight excluding hydrogens is 322 g/mol. The molecular formula is C18H23N3O2S. The van der Waals surface area contributed by atoms with Gasteiger partial charge in [0.25, 0.3) is 5.56 Å². The second-order valence-electron chi connectivity index (χ2n) is 8.55. The van der Waals surface area contributed by atoms with E-state index in [-0.39, 0.29) is 28.8 Å². The SMILES string of the molecule is CC1(C)C[C@H]2C[C@](C)(CN2C(=O)Cn2cnc3sccc3c2=O)C1. The highest BCUT2D eigenvalue weighted by Gasteiger charge is 2.50. The van der Waals surface area contributed by atoms with E-state index in [0.29, 0.717) is 11.4 Å². The monoisotopic (exact) mass is 345 g/mol. The van der Waals surface area contributed by atoms with Crippen LogP contribution in [0, 0.1) is 10.8 Å². The Bertz CT molecular complexity index is 869. The number of thiophene rings is 1. The predicted octanol–water partition coefficient (Wildman–Crippen LogP) is 2.89. The fraction of sp³-hybridized carbons (Fsp3) is 0.611. The van der Waals surface area contributed by atoms with Gasteiger partial charge in [-0.15, -0.1) is 11.3 Å². The maximum Gasteiger partial charge on any atom is 0.262 e. The van der Waals surface area contributed by atoms with Crippen molar-refractivity contribution >= 4 is 27.5 Å². The molecule has 0 aromatic carbocycles. The van der Waals surface area contributed by atoms with Crippen LogP contribution in [0.3, 0.4) is 0 Å². The number of nitrogens with zero attached hydrogens (tertiary/aromatic N) is 3. The van der Waals surface area contributed by atoms with Gasteiger partial charge >= 0.3 is 0 Å². The second-order valence-corrected chi connectivity index (χ2v) is 9.45. The van der Waals surface area contributed by atoms with E-state index in [1.54, 1.807) is 6.07 Å². The van der Waals surface area contributed by atoms with Crippen molar-refractivity contribution < 1.29 is 4.79 Å². The van der Waals surface area contributed by atoms with Crippen molar-refractivity contribution in [3.8, 4) is 0 Å². The Kier molecular flexibility index (Phi) is 3.39. The number of hydrogen-bond donors (Lipinski definition) is 0. The highest BCUT2D eigenvalue weighted by molar-refractivity contribution is 7.16. The Morgan fingerprint density at radius 1 is 1.38 bits per heavy atom. The lowest BCUT2D eigenvalue weighted by molar-refractivity contribution is -0.133. The van der Waals surface area contributed by atoms with Gasteiger partial charge in [0, 0.05) is 12.6 Å². The maximum absolute atomic E-state index is 12.9. The van der Waals surface area contributed by atoms with Crippen LogP contribution < -0.4 is 5.56 Å². The van der Waals surface area contributed by atoms with Gasteiger partial charge in [-0.1, -0.05) is 20.8 Å². The average molecular weight is 345 g/mol. The van der Waals surface area contributed by atoms with Gasteiger partial charge in [-0.3, -0.25) is 14.2 Å². The molecule has 128 valence electrons. The Balaban J connectivity index is 1.58. The molecule has 0 spiro atoms. The number of likely N-dealkylation sites (tertiary alicyclic amines) is 1. The molecule has 5 nitrogen and oxygen atoms in total. The molecule has 4 rings (SSSR count). The Morgan fingerprint density at radius 3 is 2.96 bits per heavy atom. The molecule has 1 amide bonds. The number of hydrogen-bond acceptors (Lipinski definition) is 4. The molecule has 24 heavy (non-hydrogen) atoms. The van der Waals surface area contributed by atoms with Crippen LogP contribution in [0.25, 0.3) is 10.2 Å². The highest BCUT2D eigenvalue weighted by Crippen LogP contribution is 2.52. The third-order valence-corrected chi connectivity index (χ3v) is 6.31.